The molecule has 8 nitrogen and oxygen atoms in total. The van der Waals surface area contributed by atoms with E-state index in [1.54, 1.807) is 0 Å². The average Bonchev–Trinajstić information content (AvgIpc) is 3.14. The van der Waals surface area contributed by atoms with Crippen LogP contribution in [-0.2, 0) is 4.74 Å². The number of hydrogen-bond acceptors (Lipinski definition) is 6. The van der Waals surface area contributed by atoms with Gasteiger partial charge in [0.25, 0.3) is 5.56 Å². The Balaban J connectivity index is 2.14. The fraction of sp³-hybridized carbons (Fsp3) is 0.533. The van der Waals surface area contributed by atoms with E-state index in [1.165, 1.54) is 6.92 Å². The van der Waals surface area contributed by atoms with Crippen LogP contribution in [0.1, 0.15) is 27.8 Å². The molecular weight excluding hydrogens is 336 g/mol. The van der Waals surface area contributed by atoms with Crippen LogP contribution >= 0.6 is 0 Å². The number of nitrogens with zero attached hydrogens (tertiary/aromatic N) is 3. The fourth-order valence-corrected chi connectivity index (χ4v) is 2.74. The van der Waals surface area contributed by atoms with Crippen LogP contribution in [-0.4, -0.2) is 49.0 Å². The molecule has 1 aliphatic heterocycles. The number of ether oxygens (including phenoxy) is 1. The Kier molecular flexibility index (Phi) is 3.70. The summed E-state index contributed by atoms with van der Waals surface area (Å²) in [5.74, 6) is -0.922. The molecule has 0 amide bonds. The Labute approximate surface area is 142 Å². The number of alkyl halides is 2. The van der Waals surface area contributed by atoms with Crippen molar-refractivity contribution in [1.82, 2.24) is 19.7 Å². The molecule has 3 rings (SSSR count). The predicted octanol–water partition coefficient (Wildman–Crippen LogP) is 0.858. The van der Waals surface area contributed by atoms with Gasteiger partial charge in [-0.25, -0.2) is 13.5 Å². The van der Waals surface area contributed by atoms with Crippen molar-refractivity contribution in [2.45, 2.75) is 44.1 Å². The minimum atomic E-state index is -2.81. The largest absolute Gasteiger partial charge is 0.371 e. The fourth-order valence-electron chi connectivity index (χ4n) is 2.74. The molecule has 4 atom stereocenters. The minimum absolute atomic E-state index is 0.0210. The van der Waals surface area contributed by atoms with Crippen molar-refractivity contribution in [1.29, 1.82) is 0 Å². The van der Waals surface area contributed by atoms with Gasteiger partial charge in [-0.1, -0.05) is 12.8 Å². The van der Waals surface area contributed by atoms with Crippen molar-refractivity contribution in [3.05, 3.63) is 16.6 Å². The van der Waals surface area contributed by atoms with Crippen LogP contribution in [0.4, 0.5) is 14.7 Å². The summed E-state index contributed by atoms with van der Waals surface area (Å²) in [6, 6.07) is 0. The minimum Gasteiger partial charge on any atom is -0.371 e. The van der Waals surface area contributed by atoms with Crippen LogP contribution in [0.15, 0.2) is 11.0 Å². The van der Waals surface area contributed by atoms with Crippen LogP contribution in [0, 0.1) is 12.3 Å². The Morgan fingerprint density at radius 3 is 3.12 bits per heavy atom. The molecule has 0 bridgehead atoms. The first-order valence-corrected chi connectivity index (χ1v) is 7.52. The maximum absolute atomic E-state index is 14.7. The Morgan fingerprint density at radius 2 is 2.48 bits per heavy atom. The van der Waals surface area contributed by atoms with E-state index in [9.17, 15) is 18.7 Å². The Morgan fingerprint density at radius 1 is 1.72 bits per heavy atom. The first-order valence-electron chi connectivity index (χ1n) is 8.23. The molecule has 2 aromatic heterocycles. The van der Waals surface area contributed by atoms with Crippen molar-refractivity contribution >= 4 is 17.0 Å². The van der Waals surface area contributed by atoms with Crippen LogP contribution in [0.2, 0.25) is 0 Å². The summed E-state index contributed by atoms with van der Waals surface area (Å²) >= 11 is 0. The lowest BCUT2D eigenvalue weighted by atomic mass is 9.94. The highest BCUT2D eigenvalue weighted by Gasteiger charge is 2.65. The van der Waals surface area contributed by atoms with E-state index in [0.717, 1.165) is 10.9 Å². The van der Waals surface area contributed by atoms with Crippen LogP contribution < -0.4 is 10.9 Å². The molecule has 0 spiro atoms. The molecule has 3 N–H and O–H groups in total. The second kappa shape index (κ2) is 5.79. The summed E-state index contributed by atoms with van der Waals surface area (Å²) in [5, 5.41) is 17.1. The van der Waals surface area contributed by atoms with Gasteiger partial charge >= 0.3 is 0 Å². The van der Waals surface area contributed by atoms with E-state index in [1.807, 2.05) is 5.92 Å². The van der Waals surface area contributed by atoms with Gasteiger partial charge in [0.15, 0.2) is 11.9 Å². The molecule has 3 heterocycles. The van der Waals surface area contributed by atoms with Gasteiger partial charge in [-0.05, 0) is 6.90 Å². The topological polar surface area (TPSA) is 105 Å². The molecule has 1 fully saturated rings. The molecule has 0 aliphatic carbocycles. The summed E-state index contributed by atoms with van der Waals surface area (Å²) in [4.78, 5) is 18.7. The molecule has 0 radical (unpaired) electrons. The van der Waals surface area contributed by atoms with E-state index in [-0.39, 0.29) is 30.4 Å². The van der Waals surface area contributed by atoms with Gasteiger partial charge in [-0.2, -0.15) is 10.1 Å². The van der Waals surface area contributed by atoms with Gasteiger partial charge in [-0.3, -0.25) is 9.78 Å². The molecule has 2 aromatic rings. The Hall–Kier alpha value is -2.51. The Bertz CT molecular complexity index is 928. The summed E-state index contributed by atoms with van der Waals surface area (Å²) in [7, 11) is 0. The van der Waals surface area contributed by atoms with E-state index >= 15 is 0 Å². The number of halogens is 2. The summed E-state index contributed by atoms with van der Waals surface area (Å²) in [6.07, 6.45) is 1.76. The zero-order valence-electron chi connectivity index (χ0n) is 14.3. The van der Waals surface area contributed by atoms with E-state index < -0.39 is 35.8 Å². The van der Waals surface area contributed by atoms with Gasteiger partial charge in [-0.15, -0.1) is 6.42 Å². The lowest BCUT2D eigenvalue weighted by Gasteiger charge is -2.24. The summed E-state index contributed by atoms with van der Waals surface area (Å²) < 4.78 is 42.3. The third-order valence-electron chi connectivity index (χ3n) is 4.14. The molecule has 1 aliphatic rings. The number of fused-ring (bicyclic) bond motifs is 1. The SMILES string of the molecule is [3H]CCNc1nc2c(cnn2[C@@H]2O[C@](F)(CC)[C@@H](F)[C@]2(O)C#C)c(=O)[nH]1. The normalized spacial score (nSPS) is 32.5. The maximum Gasteiger partial charge on any atom is 0.263 e. The van der Waals surface area contributed by atoms with Crippen LogP contribution in [0.25, 0.3) is 11.0 Å². The van der Waals surface area contributed by atoms with Crippen LogP contribution in [0.3, 0.4) is 0 Å². The first kappa shape index (κ1) is 16.0. The standard InChI is InChI=1S/C15H17F2N5O3/c1-4-14(24)11(16)15(17,5-2)25-12(14)22-9-8(7-19-22)10(23)21-13(20-9)18-6-3/h1,7,11-12,24H,5-6H2,2-3H3,(H2,18,20,21,23)/t11-,12+,14+,15+/m0/s1/i3T. The van der Waals surface area contributed by atoms with Gasteiger partial charge in [0, 0.05) is 14.3 Å². The van der Waals surface area contributed by atoms with Crippen LogP contribution in [0.5, 0.6) is 0 Å². The average molecular weight is 355 g/mol. The number of hydrogen-bond donors (Lipinski definition) is 3. The highest BCUT2D eigenvalue weighted by atomic mass is 19.2. The monoisotopic (exact) mass is 355 g/mol. The number of aromatic amines is 1. The second-order valence-corrected chi connectivity index (χ2v) is 5.61. The number of rotatable bonds is 4. The molecular formula is C15H17F2N5O3. The number of terminal acetylenes is 1. The smallest absolute Gasteiger partial charge is 0.263 e. The van der Waals surface area contributed by atoms with E-state index in [4.69, 9.17) is 12.5 Å². The quantitative estimate of drug-likeness (QED) is 0.703. The molecule has 0 saturated carbocycles. The number of H-pyrrole nitrogens is 1. The van der Waals surface area contributed by atoms with Gasteiger partial charge in [0.2, 0.25) is 23.6 Å². The summed E-state index contributed by atoms with van der Waals surface area (Å²) in [5.41, 5.74) is -3.27. The lowest BCUT2D eigenvalue weighted by molar-refractivity contribution is -0.179. The van der Waals surface area contributed by atoms with Crippen molar-refractivity contribution < 1.29 is 20.0 Å². The summed E-state index contributed by atoms with van der Waals surface area (Å²) in [6.45, 7) is 1.60. The first-order chi connectivity index (χ1) is 12.3. The molecule has 1 saturated heterocycles. The van der Waals surface area contributed by atoms with Crippen molar-refractivity contribution in [3.8, 4) is 12.3 Å². The molecule has 0 unspecified atom stereocenters. The molecule has 10 heteroatoms. The maximum atomic E-state index is 14.7. The van der Waals surface area contributed by atoms with Crippen molar-refractivity contribution in [3.63, 3.8) is 0 Å². The molecule has 134 valence electrons. The van der Waals surface area contributed by atoms with Crippen molar-refractivity contribution in [2.75, 3.05) is 11.9 Å². The predicted molar refractivity (Wildman–Crippen MR) is 85.2 cm³/mol. The number of anilines is 1. The highest BCUT2D eigenvalue weighted by molar-refractivity contribution is 5.74. The number of aliphatic hydroxyl groups is 1. The van der Waals surface area contributed by atoms with Gasteiger partial charge < -0.3 is 15.2 Å². The third-order valence-corrected chi connectivity index (χ3v) is 4.14. The molecule has 25 heavy (non-hydrogen) atoms. The second-order valence-electron chi connectivity index (χ2n) is 5.61. The van der Waals surface area contributed by atoms with E-state index in [2.05, 4.69) is 20.4 Å². The molecule has 0 aromatic carbocycles. The number of nitrogens with one attached hydrogen (secondary N) is 2. The van der Waals surface area contributed by atoms with Gasteiger partial charge in [0.1, 0.15) is 5.39 Å². The highest BCUT2D eigenvalue weighted by Crippen LogP contribution is 2.48. The lowest BCUT2D eigenvalue weighted by Crippen LogP contribution is -2.45. The van der Waals surface area contributed by atoms with Crippen molar-refractivity contribution in [2.24, 2.45) is 0 Å². The zero-order valence-corrected chi connectivity index (χ0v) is 13.3. The zero-order chi connectivity index (χ0) is 19.1. The third kappa shape index (κ3) is 2.39. The van der Waals surface area contributed by atoms with E-state index in [0.29, 0.717) is 0 Å². The number of aromatic nitrogens is 4. The van der Waals surface area contributed by atoms with Gasteiger partial charge in [0.05, 0.1) is 6.20 Å².